The van der Waals surface area contributed by atoms with Crippen molar-refractivity contribution in [2.24, 2.45) is 0 Å². The van der Waals surface area contributed by atoms with Crippen molar-refractivity contribution in [2.75, 3.05) is 39.6 Å². The maximum atomic E-state index is 11.1. The second-order valence-electron chi connectivity index (χ2n) is 4.43. The van der Waals surface area contributed by atoms with Crippen molar-refractivity contribution in [3.8, 4) is 0 Å². The maximum Gasteiger partial charge on any atom is 0.306 e. The molecule has 0 aliphatic heterocycles. The van der Waals surface area contributed by atoms with Gasteiger partial charge in [-0.2, -0.15) is 0 Å². The molecule has 0 spiro atoms. The first-order chi connectivity index (χ1) is 10.1. The highest BCUT2D eigenvalue weighted by molar-refractivity contribution is 5.76. The molecule has 124 valence electrons. The van der Waals surface area contributed by atoms with E-state index in [9.17, 15) is 9.59 Å². The van der Waals surface area contributed by atoms with Gasteiger partial charge in [0, 0.05) is 0 Å². The van der Waals surface area contributed by atoms with Gasteiger partial charge in [0.05, 0.1) is 52.0 Å². The fourth-order valence-corrected chi connectivity index (χ4v) is 1.24. The third-order valence-corrected chi connectivity index (χ3v) is 2.61. The van der Waals surface area contributed by atoms with Crippen molar-refractivity contribution in [1.29, 1.82) is 0 Å². The van der Waals surface area contributed by atoms with E-state index in [1.165, 1.54) is 0 Å². The summed E-state index contributed by atoms with van der Waals surface area (Å²) in [5.74, 6) is -1.54. The third-order valence-electron chi connectivity index (χ3n) is 2.61. The van der Waals surface area contributed by atoms with Crippen LogP contribution in [0.3, 0.4) is 0 Å². The molecular formula is C14H26O7. The highest BCUT2D eigenvalue weighted by Crippen LogP contribution is 1.95. The van der Waals surface area contributed by atoms with Crippen LogP contribution in [0.25, 0.3) is 0 Å². The fraction of sp³-hybridized carbons (Fsp3) is 0.857. The average molecular weight is 306 g/mol. The number of ether oxygens (including phenoxy) is 4. The van der Waals surface area contributed by atoms with Gasteiger partial charge in [-0.05, 0) is 13.3 Å². The molecule has 0 aliphatic rings. The van der Waals surface area contributed by atoms with Crippen molar-refractivity contribution in [3.05, 3.63) is 0 Å². The van der Waals surface area contributed by atoms with E-state index in [4.69, 9.17) is 24.1 Å². The van der Waals surface area contributed by atoms with E-state index >= 15 is 0 Å². The predicted molar refractivity (Wildman–Crippen MR) is 75.2 cm³/mol. The summed E-state index contributed by atoms with van der Waals surface area (Å²) in [5, 5.41) is 8.38. The van der Waals surface area contributed by atoms with Gasteiger partial charge in [0.2, 0.25) is 0 Å². The van der Waals surface area contributed by atoms with Crippen LogP contribution in [0.4, 0.5) is 0 Å². The molecule has 0 aromatic rings. The van der Waals surface area contributed by atoms with Crippen molar-refractivity contribution in [1.82, 2.24) is 0 Å². The number of esters is 1. The van der Waals surface area contributed by atoms with Crippen LogP contribution in [-0.2, 0) is 28.5 Å². The monoisotopic (exact) mass is 306 g/mol. The molecule has 0 rings (SSSR count). The lowest BCUT2D eigenvalue weighted by Gasteiger charge is -2.10. The Hall–Kier alpha value is -1.18. The summed E-state index contributed by atoms with van der Waals surface area (Å²) in [6.45, 7) is 6.43. The van der Waals surface area contributed by atoms with Gasteiger partial charge in [0.25, 0.3) is 0 Å². The lowest BCUT2D eigenvalue weighted by atomic mass is 10.3. The number of hydrogen-bond donors (Lipinski definition) is 1. The Balaban J connectivity index is 3.18. The second kappa shape index (κ2) is 13.8. The summed E-state index contributed by atoms with van der Waals surface area (Å²) < 4.78 is 20.7. The number of carboxylic acid groups (broad SMARTS) is 1. The minimum Gasteiger partial charge on any atom is -0.481 e. The average Bonchev–Trinajstić information content (AvgIpc) is 2.46. The Labute approximate surface area is 125 Å². The Morgan fingerprint density at radius 3 is 2.10 bits per heavy atom. The molecule has 0 aromatic carbocycles. The van der Waals surface area contributed by atoms with Gasteiger partial charge in [0.15, 0.2) is 0 Å². The topological polar surface area (TPSA) is 91.3 Å². The van der Waals surface area contributed by atoms with Crippen molar-refractivity contribution < 1.29 is 33.6 Å². The third kappa shape index (κ3) is 15.0. The number of rotatable bonds is 14. The predicted octanol–water partition coefficient (Wildman–Crippen LogP) is 1.24. The molecule has 1 N–H and O–H groups in total. The van der Waals surface area contributed by atoms with Crippen LogP contribution >= 0.6 is 0 Å². The quantitative estimate of drug-likeness (QED) is 0.381. The zero-order valence-electron chi connectivity index (χ0n) is 12.8. The SMILES string of the molecule is CC[C@@H](C)OCCOCCOCCOC(=O)CCC(=O)O. The largest absolute Gasteiger partial charge is 0.481 e. The summed E-state index contributed by atoms with van der Waals surface area (Å²) in [6, 6.07) is 0. The van der Waals surface area contributed by atoms with Gasteiger partial charge < -0.3 is 24.1 Å². The van der Waals surface area contributed by atoms with Gasteiger partial charge in [-0.3, -0.25) is 9.59 Å². The number of aliphatic carboxylic acids is 1. The Morgan fingerprint density at radius 1 is 0.952 bits per heavy atom. The highest BCUT2D eigenvalue weighted by Gasteiger charge is 2.05. The van der Waals surface area contributed by atoms with Crippen LogP contribution in [0.2, 0.25) is 0 Å². The number of carbonyl (C=O) groups excluding carboxylic acids is 1. The van der Waals surface area contributed by atoms with Gasteiger partial charge in [-0.25, -0.2) is 0 Å². The van der Waals surface area contributed by atoms with Gasteiger partial charge in [-0.15, -0.1) is 0 Å². The van der Waals surface area contributed by atoms with Crippen molar-refractivity contribution in [3.63, 3.8) is 0 Å². The van der Waals surface area contributed by atoms with Crippen molar-refractivity contribution >= 4 is 11.9 Å². The van der Waals surface area contributed by atoms with Crippen LogP contribution in [0.1, 0.15) is 33.1 Å². The molecule has 0 bridgehead atoms. The Kier molecular flexibility index (Phi) is 13.0. The van der Waals surface area contributed by atoms with Crippen LogP contribution in [0.5, 0.6) is 0 Å². The minimum absolute atomic E-state index is 0.116. The summed E-state index contributed by atoms with van der Waals surface area (Å²) in [6.07, 6.45) is 0.899. The first kappa shape index (κ1) is 19.8. The van der Waals surface area contributed by atoms with Crippen LogP contribution in [0, 0.1) is 0 Å². The first-order valence-electron chi connectivity index (χ1n) is 7.20. The molecule has 0 saturated heterocycles. The van der Waals surface area contributed by atoms with Gasteiger partial charge >= 0.3 is 11.9 Å². The molecule has 0 amide bonds. The summed E-state index contributed by atoms with van der Waals surface area (Å²) >= 11 is 0. The van der Waals surface area contributed by atoms with E-state index in [1.807, 2.05) is 6.92 Å². The first-order valence-corrected chi connectivity index (χ1v) is 7.20. The Bertz CT molecular complexity index is 280. The smallest absolute Gasteiger partial charge is 0.306 e. The fourth-order valence-electron chi connectivity index (χ4n) is 1.24. The van der Waals surface area contributed by atoms with E-state index in [2.05, 4.69) is 6.92 Å². The molecule has 0 fully saturated rings. The zero-order chi connectivity index (χ0) is 15.9. The molecule has 7 nitrogen and oxygen atoms in total. The normalized spacial score (nSPS) is 12.1. The van der Waals surface area contributed by atoms with Gasteiger partial charge in [-0.1, -0.05) is 6.92 Å². The molecule has 0 heterocycles. The number of carboxylic acids is 1. The van der Waals surface area contributed by atoms with Crippen LogP contribution in [0.15, 0.2) is 0 Å². The van der Waals surface area contributed by atoms with E-state index < -0.39 is 11.9 Å². The summed E-state index contributed by atoms with van der Waals surface area (Å²) in [4.78, 5) is 21.3. The number of hydrogen-bond acceptors (Lipinski definition) is 6. The van der Waals surface area contributed by atoms with Crippen molar-refractivity contribution in [2.45, 2.75) is 39.2 Å². The lowest BCUT2D eigenvalue weighted by molar-refractivity contribution is -0.149. The van der Waals surface area contributed by atoms with E-state index in [0.29, 0.717) is 26.4 Å². The van der Waals surface area contributed by atoms with E-state index in [0.717, 1.165) is 6.42 Å². The standard InChI is InChI=1S/C14H26O7/c1-3-12(2)20-10-8-18-6-7-19-9-11-21-14(17)5-4-13(15)16/h12H,3-11H2,1-2H3,(H,15,16)/t12-/m1/s1. The molecule has 0 aliphatic carbocycles. The maximum absolute atomic E-state index is 11.1. The molecule has 0 aromatic heterocycles. The molecule has 0 radical (unpaired) electrons. The molecule has 7 heteroatoms. The molecule has 21 heavy (non-hydrogen) atoms. The second-order valence-corrected chi connectivity index (χ2v) is 4.43. The highest BCUT2D eigenvalue weighted by atomic mass is 16.6. The number of carbonyl (C=O) groups is 2. The van der Waals surface area contributed by atoms with Crippen LogP contribution in [-0.4, -0.2) is 62.8 Å². The van der Waals surface area contributed by atoms with E-state index in [1.54, 1.807) is 0 Å². The summed E-state index contributed by atoms with van der Waals surface area (Å²) in [7, 11) is 0. The molecule has 0 unspecified atom stereocenters. The van der Waals surface area contributed by atoms with Gasteiger partial charge in [0.1, 0.15) is 6.61 Å². The molecule has 0 saturated carbocycles. The van der Waals surface area contributed by atoms with E-state index in [-0.39, 0.29) is 32.2 Å². The van der Waals surface area contributed by atoms with Crippen LogP contribution < -0.4 is 0 Å². The Morgan fingerprint density at radius 2 is 1.52 bits per heavy atom. The molecule has 1 atom stereocenters. The zero-order valence-corrected chi connectivity index (χ0v) is 12.8. The minimum atomic E-state index is -1.02. The molecular weight excluding hydrogens is 280 g/mol. The summed E-state index contributed by atoms with van der Waals surface area (Å²) in [5.41, 5.74) is 0. The lowest BCUT2D eigenvalue weighted by Crippen LogP contribution is -2.15.